The molecule has 1 aromatic carbocycles. The summed E-state index contributed by atoms with van der Waals surface area (Å²) in [5.41, 5.74) is 2.40. The van der Waals surface area contributed by atoms with Gasteiger partial charge in [0.05, 0.1) is 21.1 Å². The molecule has 1 aromatic rings. The maximum Gasteiger partial charge on any atom is 0.333 e. The Kier molecular flexibility index (Phi) is 15.7. The van der Waals surface area contributed by atoms with E-state index in [1.807, 2.05) is 36.1 Å². The maximum absolute atomic E-state index is 12.4. The lowest BCUT2D eigenvalue weighted by atomic mass is 9.77. The van der Waals surface area contributed by atoms with Gasteiger partial charge >= 0.3 is 5.97 Å². The lowest BCUT2D eigenvalue weighted by Gasteiger charge is -2.31. The van der Waals surface area contributed by atoms with Gasteiger partial charge in [-0.15, -0.1) is 5.06 Å². The summed E-state index contributed by atoms with van der Waals surface area (Å²) in [6, 6.07) is 12.2. The molecule has 1 unspecified atom stereocenters. The number of imide groups is 1. The molecular weight excluding hydrogens is 843 g/mol. The predicted octanol–water partition coefficient (Wildman–Crippen LogP) is 4.82. The molecule has 3 aliphatic heterocycles. The van der Waals surface area contributed by atoms with Crippen molar-refractivity contribution in [3.05, 3.63) is 82.6 Å². The lowest BCUT2D eigenvalue weighted by molar-refractivity contribution is -0.197. The third kappa shape index (κ3) is 12.0. The fourth-order valence-electron chi connectivity index (χ4n) is 7.92. The van der Waals surface area contributed by atoms with Gasteiger partial charge in [0, 0.05) is 74.2 Å². The number of hydrogen-bond donors (Lipinski definition) is 0. The van der Waals surface area contributed by atoms with Crippen molar-refractivity contribution in [1.29, 1.82) is 0 Å². The van der Waals surface area contributed by atoms with Crippen molar-refractivity contribution in [3.8, 4) is 11.3 Å². The molecule has 0 saturated carbocycles. The van der Waals surface area contributed by atoms with Crippen LogP contribution >= 0.6 is 0 Å². The zero-order valence-electron chi connectivity index (χ0n) is 36.1. The first-order valence-corrected chi connectivity index (χ1v) is 23.6. The summed E-state index contributed by atoms with van der Waals surface area (Å²) in [6.07, 6.45) is 6.86. The Bertz CT molecular complexity index is 2440. The van der Waals surface area contributed by atoms with Crippen molar-refractivity contribution in [2.75, 3.05) is 57.7 Å². The monoisotopic (exact) mass is 898 g/mol. The Morgan fingerprint density at radius 2 is 1.60 bits per heavy atom. The Labute approximate surface area is 363 Å². The smallest absolute Gasteiger partial charge is 0.333 e. The van der Waals surface area contributed by atoms with Gasteiger partial charge in [0.2, 0.25) is 5.36 Å². The van der Waals surface area contributed by atoms with E-state index >= 15 is 0 Å². The molecule has 0 bridgehead atoms. The van der Waals surface area contributed by atoms with E-state index in [-0.39, 0.29) is 37.5 Å². The predicted molar refractivity (Wildman–Crippen MR) is 228 cm³/mol. The molecule has 62 heavy (non-hydrogen) atoms. The Morgan fingerprint density at radius 1 is 0.919 bits per heavy atom. The lowest BCUT2D eigenvalue weighted by Crippen LogP contribution is -2.35. The highest BCUT2D eigenvalue weighted by molar-refractivity contribution is 7.86. The molecule has 1 fully saturated rings. The quantitative estimate of drug-likeness (QED) is 0.0644. The van der Waals surface area contributed by atoms with Crippen LogP contribution in [0.4, 0.5) is 5.69 Å². The summed E-state index contributed by atoms with van der Waals surface area (Å²) in [5.74, 6) is -1.28. The topological polar surface area (TPSA) is 216 Å². The number of benzene rings is 2. The van der Waals surface area contributed by atoms with E-state index in [1.54, 1.807) is 32.4 Å². The number of methoxy groups -OCH3 is 2. The minimum Gasteiger partial charge on any atom is -0.748 e. The summed E-state index contributed by atoms with van der Waals surface area (Å²) >= 11 is 0. The van der Waals surface area contributed by atoms with Crippen molar-refractivity contribution < 1.29 is 59.1 Å². The summed E-state index contributed by atoms with van der Waals surface area (Å²) < 4.78 is 91.3. The normalized spacial score (nSPS) is 17.8. The van der Waals surface area contributed by atoms with Gasteiger partial charge in [-0.1, -0.05) is 33.3 Å². The molecule has 3 heterocycles. The van der Waals surface area contributed by atoms with E-state index < -0.39 is 54.1 Å². The van der Waals surface area contributed by atoms with Crippen molar-refractivity contribution in [1.82, 2.24) is 9.64 Å². The molecule has 5 rings (SSSR count). The number of carbonyl (C=O) groups excluding carboxylic acids is 3. The van der Waals surface area contributed by atoms with Gasteiger partial charge in [-0.05, 0) is 91.6 Å². The zero-order valence-corrected chi connectivity index (χ0v) is 37.8. The van der Waals surface area contributed by atoms with Gasteiger partial charge in [-0.3, -0.25) is 9.59 Å². The first-order chi connectivity index (χ1) is 29.2. The highest BCUT2D eigenvalue weighted by Gasteiger charge is 2.43. The molecule has 1 saturated heterocycles. The summed E-state index contributed by atoms with van der Waals surface area (Å²) in [4.78, 5) is 42.7. The number of rotatable bonds is 20. The molecule has 18 heteroatoms. The van der Waals surface area contributed by atoms with Crippen LogP contribution in [-0.2, 0) is 59.8 Å². The highest BCUT2D eigenvalue weighted by Crippen LogP contribution is 2.51. The molecular formula is C44H56N3O13S2-. The number of nitrogens with zero attached hydrogens (tertiary/aromatic N) is 3. The first kappa shape index (κ1) is 48.3. The van der Waals surface area contributed by atoms with Crippen molar-refractivity contribution in [2.24, 2.45) is 0 Å². The molecule has 1 atom stereocenters. The van der Waals surface area contributed by atoms with Gasteiger partial charge in [-0.2, -0.15) is 0 Å². The standard InChI is InChI=1S/C44H57N3O13S2/c1-43(2,3)35-29-32(59-38-28-31(15-17-34(35)38)45(23-25-57-5)24-26-58-6)12-10-13-39-44(4,21-11-27-61(51,52)53)36-30-33(62(54,55)56)16-18-37(36)46(39)22-9-7-8-14-42(50)60-47-40(48)19-20-41(47)49/h10,12-13,15-18,28-30H,7-9,11,14,19-27H2,1-6H3,(H-,51,52,53,54,55,56)/p-1. The molecule has 4 aliphatic rings. The number of ether oxygens (including phenoxy) is 2. The van der Waals surface area contributed by atoms with E-state index in [9.17, 15) is 40.3 Å². The molecule has 0 radical (unpaired) electrons. The third-order valence-corrected chi connectivity index (χ3v) is 12.7. The second-order valence-corrected chi connectivity index (χ2v) is 19.6. The number of fused-ring (bicyclic) bond motifs is 2. The molecule has 0 N–H and O–H groups in total. The molecule has 0 spiro atoms. The van der Waals surface area contributed by atoms with Crippen molar-refractivity contribution in [3.63, 3.8) is 0 Å². The fourth-order valence-corrected chi connectivity index (χ4v) is 8.91. The molecule has 338 valence electrons. The van der Waals surface area contributed by atoms with E-state index in [0.29, 0.717) is 85.6 Å². The maximum atomic E-state index is 12.4. The van der Waals surface area contributed by atoms with Crippen LogP contribution in [0.25, 0.3) is 17.4 Å². The van der Waals surface area contributed by atoms with Crippen LogP contribution < -0.4 is 14.8 Å². The zero-order chi connectivity index (χ0) is 45.5. The molecule has 0 aromatic heterocycles. The molecule has 1 aliphatic carbocycles. The number of allylic oxidation sites excluding steroid dienone is 3. The summed E-state index contributed by atoms with van der Waals surface area (Å²) in [6.45, 7) is 10.8. The van der Waals surface area contributed by atoms with Crippen molar-refractivity contribution >= 4 is 49.8 Å². The average molecular weight is 899 g/mol. The number of hydrogen-bond acceptors (Lipinski definition) is 14. The SMILES string of the molecule is COCC[N+](CCOC)=c1ccc2c(C(C)(C)C)cc(/C=C/C=C3/N(CCCCCC(=O)ON4C(=O)CCC4=O)c4ccc(S(=O)(=O)[O-])cc4C3(C)CCCS(=O)(=O)[O-])oc-2c1. The van der Waals surface area contributed by atoms with Gasteiger partial charge in [-0.25, -0.2) is 26.2 Å². The highest BCUT2D eigenvalue weighted by atomic mass is 32.2. The van der Waals surface area contributed by atoms with Crippen molar-refractivity contribution in [2.45, 2.75) is 94.8 Å². The van der Waals surface area contributed by atoms with E-state index in [2.05, 4.69) is 31.4 Å². The Balaban J connectivity index is 1.53. The minimum absolute atomic E-state index is 0.0115. The van der Waals surface area contributed by atoms with Gasteiger partial charge < -0.3 is 32.7 Å². The second kappa shape index (κ2) is 20.2. The van der Waals surface area contributed by atoms with Crippen LogP contribution in [0.2, 0.25) is 0 Å². The largest absolute Gasteiger partial charge is 0.748 e. The van der Waals surface area contributed by atoms with Crippen LogP contribution in [0.15, 0.2) is 69.6 Å². The first-order valence-electron chi connectivity index (χ1n) is 20.6. The number of amides is 2. The van der Waals surface area contributed by atoms with Gasteiger partial charge in [0.15, 0.2) is 13.1 Å². The fraction of sp³-hybridized carbons (Fsp3) is 0.500. The van der Waals surface area contributed by atoms with Gasteiger partial charge in [0.25, 0.3) is 11.8 Å². The number of hydroxylamine groups is 2. The number of carbonyl (C=O) groups is 3. The number of unbranched alkanes of at least 4 members (excludes halogenated alkanes) is 2. The van der Waals surface area contributed by atoms with Crippen LogP contribution in [0.5, 0.6) is 0 Å². The number of anilines is 1. The summed E-state index contributed by atoms with van der Waals surface area (Å²) in [7, 11) is -6.15. The van der Waals surface area contributed by atoms with Gasteiger partial charge in [0.1, 0.15) is 34.9 Å². The second-order valence-electron chi connectivity index (χ2n) is 16.7. The Hall–Kier alpha value is -4.72. The van der Waals surface area contributed by atoms with E-state index in [0.717, 1.165) is 16.5 Å². The summed E-state index contributed by atoms with van der Waals surface area (Å²) in [5, 5.41) is 1.44. The molecule has 2 amide bonds. The van der Waals surface area contributed by atoms with Crippen LogP contribution in [0.1, 0.15) is 95.9 Å². The average Bonchev–Trinajstić information content (AvgIpc) is 3.63. The minimum atomic E-state index is -4.87. The Morgan fingerprint density at radius 3 is 2.21 bits per heavy atom. The van der Waals surface area contributed by atoms with Crippen LogP contribution in [-0.4, -0.2) is 102 Å². The molecule has 16 nitrogen and oxygen atoms in total. The van der Waals surface area contributed by atoms with Crippen LogP contribution in [0, 0.1) is 0 Å². The van der Waals surface area contributed by atoms with E-state index in [1.165, 1.54) is 12.1 Å². The van der Waals surface area contributed by atoms with E-state index in [4.69, 9.17) is 18.7 Å². The third-order valence-electron chi connectivity index (χ3n) is 11.1. The van der Waals surface area contributed by atoms with Crippen LogP contribution in [0.3, 0.4) is 0 Å².